The Hall–Kier alpha value is -1.66. The molecule has 0 spiro atoms. The molecule has 1 rings (SSSR count). The quantitative estimate of drug-likeness (QED) is 0.711. The Labute approximate surface area is 111 Å². The summed E-state index contributed by atoms with van der Waals surface area (Å²) >= 11 is 0. The fourth-order valence-electron chi connectivity index (χ4n) is 1.68. The zero-order valence-corrected chi connectivity index (χ0v) is 11.0. The molecule has 0 aliphatic rings. The molecular formula is C13H19FN2O3. The molecule has 5 nitrogen and oxygen atoms in total. The van der Waals surface area contributed by atoms with Crippen molar-refractivity contribution >= 4 is 5.91 Å². The van der Waals surface area contributed by atoms with Crippen molar-refractivity contribution in [2.75, 3.05) is 13.7 Å². The lowest BCUT2D eigenvalue weighted by Crippen LogP contribution is -2.44. The van der Waals surface area contributed by atoms with Gasteiger partial charge < -0.3 is 20.9 Å². The van der Waals surface area contributed by atoms with Crippen LogP contribution in [-0.2, 0) is 4.79 Å². The van der Waals surface area contributed by atoms with Gasteiger partial charge in [-0.1, -0.05) is 6.92 Å². The Kier molecular flexibility index (Phi) is 5.72. The summed E-state index contributed by atoms with van der Waals surface area (Å²) in [7, 11) is 1.48. The number of hydrogen-bond acceptors (Lipinski definition) is 4. The van der Waals surface area contributed by atoms with E-state index in [1.54, 1.807) is 0 Å². The van der Waals surface area contributed by atoms with Crippen molar-refractivity contribution in [2.45, 2.75) is 25.4 Å². The van der Waals surface area contributed by atoms with Crippen LogP contribution in [0.4, 0.5) is 4.39 Å². The summed E-state index contributed by atoms with van der Waals surface area (Å²) in [6.07, 6.45) is 0.494. The average Bonchev–Trinajstić information content (AvgIpc) is 2.44. The highest BCUT2D eigenvalue weighted by Crippen LogP contribution is 2.24. The zero-order valence-electron chi connectivity index (χ0n) is 11.0. The summed E-state index contributed by atoms with van der Waals surface area (Å²) in [6, 6.07) is 2.80. The van der Waals surface area contributed by atoms with Crippen LogP contribution in [0, 0.1) is 5.82 Å². The van der Waals surface area contributed by atoms with E-state index in [-0.39, 0.29) is 0 Å². The van der Waals surface area contributed by atoms with E-state index in [0.29, 0.717) is 17.7 Å². The van der Waals surface area contributed by atoms with Gasteiger partial charge in [0.15, 0.2) is 0 Å². The van der Waals surface area contributed by atoms with E-state index in [1.807, 2.05) is 6.92 Å². The predicted octanol–water partition coefficient (Wildman–Crippen LogP) is 0.721. The number of methoxy groups -OCH3 is 1. The summed E-state index contributed by atoms with van der Waals surface area (Å²) in [4.78, 5) is 11.6. The fraction of sp³-hybridized carbons (Fsp3) is 0.462. The Morgan fingerprint density at radius 2 is 2.26 bits per heavy atom. The normalized spacial score (nSPS) is 13.7. The molecule has 0 heterocycles. The number of carbonyl (C=O) groups is 1. The molecule has 0 unspecified atom stereocenters. The van der Waals surface area contributed by atoms with E-state index < -0.39 is 30.4 Å². The third-order valence-electron chi connectivity index (χ3n) is 2.84. The number of benzene rings is 1. The maximum absolute atomic E-state index is 13.8. The van der Waals surface area contributed by atoms with Crippen molar-refractivity contribution in [3.05, 3.63) is 29.6 Å². The van der Waals surface area contributed by atoms with E-state index in [2.05, 4.69) is 5.32 Å². The molecule has 2 atom stereocenters. The average molecular weight is 270 g/mol. The fourth-order valence-corrected chi connectivity index (χ4v) is 1.68. The van der Waals surface area contributed by atoms with E-state index in [1.165, 1.54) is 25.3 Å². The van der Waals surface area contributed by atoms with Gasteiger partial charge in [0.05, 0.1) is 19.8 Å². The molecule has 0 aromatic heterocycles. The van der Waals surface area contributed by atoms with Crippen molar-refractivity contribution in [1.82, 2.24) is 5.32 Å². The third kappa shape index (κ3) is 3.90. The lowest BCUT2D eigenvalue weighted by molar-refractivity contribution is -0.123. The highest BCUT2D eigenvalue weighted by atomic mass is 19.1. The third-order valence-corrected chi connectivity index (χ3v) is 2.84. The Morgan fingerprint density at radius 1 is 1.58 bits per heavy atom. The number of aliphatic hydroxyl groups is 1. The molecule has 106 valence electrons. The minimum atomic E-state index is -1.01. The van der Waals surface area contributed by atoms with Gasteiger partial charge in [0.2, 0.25) is 5.91 Å². The Morgan fingerprint density at radius 3 is 2.79 bits per heavy atom. The van der Waals surface area contributed by atoms with Crippen LogP contribution < -0.4 is 15.8 Å². The number of nitrogens with one attached hydrogen (secondary N) is 1. The summed E-state index contributed by atoms with van der Waals surface area (Å²) in [6.45, 7) is 1.36. The van der Waals surface area contributed by atoms with Gasteiger partial charge in [-0.25, -0.2) is 4.39 Å². The second kappa shape index (κ2) is 7.06. The molecule has 0 radical (unpaired) electrons. The van der Waals surface area contributed by atoms with E-state index >= 15 is 0 Å². The van der Waals surface area contributed by atoms with Gasteiger partial charge >= 0.3 is 0 Å². The number of aliphatic hydroxyl groups excluding tert-OH is 1. The molecule has 1 aromatic carbocycles. The minimum absolute atomic E-state index is 0.334. The van der Waals surface area contributed by atoms with Crippen LogP contribution in [0.15, 0.2) is 18.2 Å². The molecule has 0 aliphatic heterocycles. The van der Waals surface area contributed by atoms with Crippen molar-refractivity contribution in [3.63, 3.8) is 0 Å². The first kappa shape index (κ1) is 15.4. The number of halogens is 1. The Balaban J connectivity index is 2.93. The maximum atomic E-state index is 13.8. The van der Waals surface area contributed by atoms with Crippen LogP contribution >= 0.6 is 0 Å². The molecule has 6 heteroatoms. The number of amides is 1. The lowest BCUT2D eigenvalue weighted by Gasteiger charge is -2.20. The predicted molar refractivity (Wildman–Crippen MR) is 69.2 cm³/mol. The largest absolute Gasteiger partial charge is 0.497 e. The number of hydrogen-bond donors (Lipinski definition) is 3. The summed E-state index contributed by atoms with van der Waals surface area (Å²) in [5.74, 6) is -0.433. The number of ether oxygens (including phenoxy) is 1. The summed E-state index contributed by atoms with van der Waals surface area (Å²) in [5.41, 5.74) is 5.74. The monoisotopic (exact) mass is 270 g/mol. The van der Waals surface area contributed by atoms with Crippen LogP contribution in [0.3, 0.4) is 0 Å². The van der Waals surface area contributed by atoms with Crippen LogP contribution in [0.5, 0.6) is 5.75 Å². The molecule has 0 saturated heterocycles. The zero-order chi connectivity index (χ0) is 14.4. The molecular weight excluding hydrogens is 251 g/mol. The van der Waals surface area contributed by atoms with Crippen LogP contribution in [0.2, 0.25) is 0 Å². The van der Waals surface area contributed by atoms with Gasteiger partial charge in [-0.2, -0.15) is 0 Å². The number of carbonyl (C=O) groups excluding carboxylic acids is 1. The van der Waals surface area contributed by atoms with Gasteiger partial charge in [-0.15, -0.1) is 0 Å². The minimum Gasteiger partial charge on any atom is -0.497 e. The Bertz CT molecular complexity index is 440. The smallest absolute Gasteiger partial charge is 0.239 e. The maximum Gasteiger partial charge on any atom is 0.239 e. The van der Waals surface area contributed by atoms with Crippen LogP contribution in [0.1, 0.15) is 24.9 Å². The molecule has 0 fully saturated rings. The second-order valence-corrected chi connectivity index (χ2v) is 4.15. The molecule has 4 N–H and O–H groups in total. The van der Waals surface area contributed by atoms with Crippen LogP contribution in [0.25, 0.3) is 0 Å². The molecule has 19 heavy (non-hydrogen) atoms. The van der Waals surface area contributed by atoms with Gasteiger partial charge in [0, 0.05) is 5.56 Å². The molecule has 1 amide bonds. The second-order valence-electron chi connectivity index (χ2n) is 4.15. The van der Waals surface area contributed by atoms with Crippen LogP contribution in [-0.4, -0.2) is 30.8 Å². The molecule has 0 bridgehead atoms. The number of rotatable bonds is 6. The van der Waals surface area contributed by atoms with E-state index in [0.717, 1.165) is 0 Å². The van der Waals surface area contributed by atoms with Crippen molar-refractivity contribution < 1.29 is 19.0 Å². The van der Waals surface area contributed by atoms with Gasteiger partial charge in [-0.3, -0.25) is 4.79 Å². The van der Waals surface area contributed by atoms with Crippen molar-refractivity contribution in [3.8, 4) is 5.75 Å². The molecule has 0 saturated carbocycles. The standard InChI is InChI=1S/C13H19FN2O3/c1-3-12(16-13(18)11(15)7-17)9-6-8(19-2)4-5-10(9)14/h4-6,11-12,17H,3,7,15H2,1-2H3,(H,16,18)/t11-,12-/m1/s1. The molecule has 1 aromatic rings. The lowest BCUT2D eigenvalue weighted by atomic mass is 10.0. The van der Waals surface area contributed by atoms with Gasteiger partial charge in [0.25, 0.3) is 0 Å². The first-order chi connectivity index (χ1) is 9.03. The van der Waals surface area contributed by atoms with E-state index in [9.17, 15) is 9.18 Å². The van der Waals surface area contributed by atoms with E-state index in [4.69, 9.17) is 15.6 Å². The molecule has 0 aliphatic carbocycles. The number of nitrogens with two attached hydrogens (primary N) is 1. The van der Waals surface area contributed by atoms with Crippen molar-refractivity contribution in [1.29, 1.82) is 0 Å². The highest BCUT2D eigenvalue weighted by Gasteiger charge is 2.20. The highest BCUT2D eigenvalue weighted by molar-refractivity contribution is 5.82. The topological polar surface area (TPSA) is 84.6 Å². The first-order valence-electron chi connectivity index (χ1n) is 6.03. The van der Waals surface area contributed by atoms with Gasteiger partial charge in [-0.05, 0) is 24.6 Å². The van der Waals surface area contributed by atoms with Gasteiger partial charge in [0.1, 0.15) is 17.6 Å². The SMILES string of the molecule is CC[C@@H](NC(=O)[C@H](N)CO)c1cc(OC)ccc1F. The summed E-state index contributed by atoms with van der Waals surface area (Å²) in [5, 5.41) is 11.4. The first-order valence-corrected chi connectivity index (χ1v) is 6.03. The summed E-state index contributed by atoms with van der Waals surface area (Å²) < 4.78 is 18.8. The van der Waals surface area contributed by atoms with Crippen molar-refractivity contribution in [2.24, 2.45) is 5.73 Å².